The first-order chi connectivity index (χ1) is 9.59. The predicted octanol–water partition coefficient (Wildman–Crippen LogP) is 1.04. The van der Waals surface area contributed by atoms with Crippen molar-refractivity contribution in [3.63, 3.8) is 0 Å². The van der Waals surface area contributed by atoms with Crippen molar-refractivity contribution in [2.24, 2.45) is 5.92 Å². The Labute approximate surface area is 118 Å². The van der Waals surface area contributed by atoms with E-state index < -0.39 is 5.97 Å². The standard InChI is InChI=1S/C15H20N2O3/c1-10-6-8-16-13(10)14(18)17-9-7-11-4-2-3-5-12(11)15(19)20/h2-5,10,13,16H,6-9H2,1H3,(H,17,18)(H,19,20). The van der Waals surface area contributed by atoms with Gasteiger partial charge in [0.05, 0.1) is 11.6 Å². The summed E-state index contributed by atoms with van der Waals surface area (Å²) in [5, 5.41) is 15.1. The maximum Gasteiger partial charge on any atom is 0.335 e. The zero-order valence-corrected chi connectivity index (χ0v) is 11.6. The third-order valence-electron chi connectivity index (χ3n) is 3.76. The van der Waals surface area contributed by atoms with Gasteiger partial charge in [-0.1, -0.05) is 25.1 Å². The molecule has 2 unspecified atom stereocenters. The van der Waals surface area contributed by atoms with E-state index in [9.17, 15) is 9.59 Å². The van der Waals surface area contributed by atoms with Gasteiger partial charge >= 0.3 is 5.97 Å². The molecule has 5 nitrogen and oxygen atoms in total. The van der Waals surface area contributed by atoms with Gasteiger partial charge in [0.25, 0.3) is 0 Å². The third kappa shape index (κ3) is 3.36. The summed E-state index contributed by atoms with van der Waals surface area (Å²) in [5.74, 6) is -0.581. The Morgan fingerprint density at radius 3 is 2.80 bits per heavy atom. The molecule has 1 aliphatic rings. The topological polar surface area (TPSA) is 78.4 Å². The van der Waals surface area contributed by atoms with Gasteiger partial charge in [0.1, 0.15) is 0 Å². The fraction of sp³-hybridized carbons (Fsp3) is 0.467. The van der Waals surface area contributed by atoms with E-state index in [1.165, 1.54) is 0 Å². The van der Waals surface area contributed by atoms with Crippen LogP contribution in [-0.2, 0) is 11.2 Å². The largest absolute Gasteiger partial charge is 0.478 e. The van der Waals surface area contributed by atoms with Crippen LogP contribution >= 0.6 is 0 Å². The molecular formula is C15H20N2O3. The molecule has 1 saturated heterocycles. The van der Waals surface area contributed by atoms with E-state index in [-0.39, 0.29) is 11.9 Å². The van der Waals surface area contributed by atoms with Gasteiger partial charge in [-0.15, -0.1) is 0 Å². The first-order valence-corrected chi connectivity index (χ1v) is 6.92. The quantitative estimate of drug-likeness (QED) is 0.751. The summed E-state index contributed by atoms with van der Waals surface area (Å²) in [4.78, 5) is 23.0. The Bertz CT molecular complexity index is 502. The number of carboxylic acid groups (broad SMARTS) is 1. The second-order valence-electron chi connectivity index (χ2n) is 5.20. The maximum absolute atomic E-state index is 12.0. The molecule has 0 saturated carbocycles. The summed E-state index contributed by atoms with van der Waals surface area (Å²) < 4.78 is 0. The van der Waals surface area contributed by atoms with Gasteiger partial charge in [-0.25, -0.2) is 4.79 Å². The highest BCUT2D eigenvalue weighted by Crippen LogP contribution is 2.14. The molecule has 0 aromatic heterocycles. The van der Waals surface area contributed by atoms with Crippen molar-refractivity contribution >= 4 is 11.9 Å². The van der Waals surface area contributed by atoms with E-state index in [0.29, 0.717) is 24.4 Å². The molecule has 1 aliphatic heterocycles. The lowest BCUT2D eigenvalue weighted by Gasteiger charge is -2.15. The van der Waals surface area contributed by atoms with E-state index >= 15 is 0 Å². The van der Waals surface area contributed by atoms with Crippen LogP contribution in [0.15, 0.2) is 24.3 Å². The number of rotatable bonds is 5. The number of nitrogens with one attached hydrogen (secondary N) is 2. The fourth-order valence-electron chi connectivity index (χ4n) is 2.56. The molecule has 1 heterocycles. The third-order valence-corrected chi connectivity index (χ3v) is 3.76. The van der Waals surface area contributed by atoms with Crippen LogP contribution in [0.5, 0.6) is 0 Å². The minimum Gasteiger partial charge on any atom is -0.478 e. The SMILES string of the molecule is CC1CCNC1C(=O)NCCc1ccccc1C(=O)O. The number of carboxylic acids is 1. The van der Waals surface area contributed by atoms with Crippen LogP contribution in [0.4, 0.5) is 0 Å². The number of carbonyl (C=O) groups is 2. The zero-order chi connectivity index (χ0) is 14.5. The molecule has 20 heavy (non-hydrogen) atoms. The molecule has 2 atom stereocenters. The van der Waals surface area contributed by atoms with Crippen molar-refractivity contribution in [2.45, 2.75) is 25.8 Å². The van der Waals surface area contributed by atoms with Crippen LogP contribution in [0.25, 0.3) is 0 Å². The lowest BCUT2D eigenvalue weighted by Crippen LogP contribution is -2.43. The normalized spacial score (nSPS) is 21.6. The molecule has 3 N–H and O–H groups in total. The molecule has 1 aromatic carbocycles. The highest BCUT2D eigenvalue weighted by atomic mass is 16.4. The smallest absolute Gasteiger partial charge is 0.335 e. The van der Waals surface area contributed by atoms with Gasteiger partial charge in [-0.05, 0) is 36.9 Å². The first kappa shape index (κ1) is 14.5. The molecule has 5 heteroatoms. The van der Waals surface area contributed by atoms with Crippen molar-refractivity contribution in [1.29, 1.82) is 0 Å². The molecule has 1 amide bonds. The van der Waals surface area contributed by atoms with Gasteiger partial charge in [-0.2, -0.15) is 0 Å². The number of carbonyl (C=O) groups excluding carboxylic acids is 1. The maximum atomic E-state index is 12.0. The van der Waals surface area contributed by atoms with Crippen LogP contribution in [0.2, 0.25) is 0 Å². The van der Waals surface area contributed by atoms with E-state index in [1.807, 2.05) is 6.07 Å². The van der Waals surface area contributed by atoms with Crippen LogP contribution < -0.4 is 10.6 Å². The average Bonchev–Trinajstić information content (AvgIpc) is 2.85. The van der Waals surface area contributed by atoms with Crippen LogP contribution in [0.1, 0.15) is 29.3 Å². The van der Waals surface area contributed by atoms with Crippen molar-refractivity contribution in [2.75, 3.05) is 13.1 Å². The Morgan fingerprint density at radius 2 is 2.15 bits per heavy atom. The van der Waals surface area contributed by atoms with E-state index in [1.54, 1.807) is 18.2 Å². The highest BCUT2D eigenvalue weighted by molar-refractivity contribution is 5.89. The van der Waals surface area contributed by atoms with E-state index in [4.69, 9.17) is 5.11 Å². The van der Waals surface area contributed by atoms with Crippen molar-refractivity contribution in [3.05, 3.63) is 35.4 Å². The molecule has 2 rings (SSSR count). The predicted molar refractivity (Wildman–Crippen MR) is 75.7 cm³/mol. The van der Waals surface area contributed by atoms with Gasteiger partial charge in [0.2, 0.25) is 5.91 Å². The summed E-state index contributed by atoms with van der Waals surface area (Å²) in [6, 6.07) is 6.76. The number of hydrogen-bond acceptors (Lipinski definition) is 3. The molecule has 0 spiro atoms. The molecule has 0 aliphatic carbocycles. The second kappa shape index (κ2) is 6.52. The molecule has 108 valence electrons. The summed E-state index contributed by atoms with van der Waals surface area (Å²) in [5.41, 5.74) is 1.04. The number of hydrogen-bond donors (Lipinski definition) is 3. The summed E-state index contributed by atoms with van der Waals surface area (Å²) in [6.07, 6.45) is 1.54. The molecular weight excluding hydrogens is 256 g/mol. The number of amides is 1. The fourth-order valence-corrected chi connectivity index (χ4v) is 2.56. The van der Waals surface area contributed by atoms with Crippen LogP contribution in [-0.4, -0.2) is 36.1 Å². The summed E-state index contributed by atoms with van der Waals surface area (Å²) >= 11 is 0. The monoisotopic (exact) mass is 276 g/mol. The van der Waals surface area contributed by atoms with Gasteiger partial charge in [0, 0.05) is 6.54 Å². The Hall–Kier alpha value is -1.88. The Balaban J connectivity index is 1.87. The minimum absolute atomic E-state index is 0.00260. The minimum atomic E-state index is -0.932. The Kier molecular flexibility index (Phi) is 4.74. The second-order valence-corrected chi connectivity index (χ2v) is 5.20. The zero-order valence-electron chi connectivity index (χ0n) is 11.6. The molecule has 0 bridgehead atoms. The lowest BCUT2D eigenvalue weighted by atomic mass is 10.0. The summed E-state index contributed by atoms with van der Waals surface area (Å²) in [7, 11) is 0. The van der Waals surface area contributed by atoms with Crippen molar-refractivity contribution in [3.8, 4) is 0 Å². The average molecular weight is 276 g/mol. The Morgan fingerprint density at radius 1 is 1.40 bits per heavy atom. The van der Waals surface area contributed by atoms with Crippen LogP contribution in [0.3, 0.4) is 0 Å². The van der Waals surface area contributed by atoms with Crippen molar-refractivity contribution < 1.29 is 14.7 Å². The van der Waals surface area contributed by atoms with Gasteiger partial charge < -0.3 is 15.7 Å². The molecule has 0 radical (unpaired) electrons. The van der Waals surface area contributed by atoms with Gasteiger partial charge in [-0.3, -0.25) is 4.79 Å². The first-order valence-electron chi connectivity index (χ1n) is 6.92. The number of aromatic carboxylic acids is 1. The molecule has 1 aromatic rings. The van der Waals surface area contributed by atoms with Crippen molar-refractivity contribution in [1.82, 2.24) is 10.6 Å². The van der Waals surface area contributed by atoms with E-state index in [2.05, 4.69) is 17.6 Å². The number of benzene rings is 1. The van der Waals surface area contributed by atoms with E-state index in [0.717, 1.165) is 18.5 Å². The highest BCUT2D eigenvalue weighted by Gasteiger charge is 2.28. The van der Waals surface area contributed by atoms with Gasteiger partial charge in [0.15, 0.2) is 0 Å². The lowest BCUT2D eigenvalue weighted by molar-refractivity contribution is -0.123. The summed E-state index contributed by atoms with van der Waals surface area (Å²) in [6.45, 7) is 3.39. The molecule has 1 fully saturated rings. The van der Waals surface area contributed by atoms with Crippen LogP contribution in [0, 0.1) is 5.92 Å².